The van der Waals surface area contributed by atoms with Crippen LogP contribution in [0.3, 0.4) is 0 Å². The van der Waals surface area contributed by atoms with Crippen molar-refractivity contribution in [2.45, 2.75) is 32.9 Å². The van der Waals surface area contributed by atoms with Crippen molar-refractivity contribution in [2.24, 2.45) is 0 Å². The van der Waals surface area contributed by atoms with Crippen molar-refractivity contribution in [1.29, 1.82) is 0 Å². The molecule has 0 spiro atoms. The molecule has 0 saturated carbocycles. The predicted octanol–water partition coefficient (Wildman–Crippen LogP) is 1.16. The zero-order valence-electron chi connectivity index (χ0n) is 12.9. The fraction of sp³-hybridized carbons (Fsp3) is 0.429. The van der Waals surface area contributed by atoms with Crippen molar-refractivity contribution in [3.8, 4) is 0 Å². The molecule has 0 bridgehead atoms. The van der Waals surface area contributed by atoms with Gasteiger partial charge in [0.25, 0.3) is 5.91 Å². The van der Waals surface area contributed by atoms with Gasteiger partial charge in [-0.2, -0.15) is 5.10 Å². The van der Waals surface area contributed by atoms with Gasteiger partial charge in [-0.3, -0.25) is 9.48 Å². The first-order valence-corrected chi connectivity index (χ1v) is 6.68. The minimum Gasteiger partial charge on any atom is -0.480 e. The second-order valence-corrected chi connectivity index (χ2v) is 5.62. The molecule has 0 saturated heterocycles. The lowest BCUT2D eigenvalue weighted by atomic mass is 10.0. The van der Waals surface area contributed by atoms with E-state index in [-0.39, 0.29) is 5.69 Å². The van der Waals surface area contributed by atoms with Gasteiger partial charge >= 0.3 is 5.97 Å². The van der Waals surface area contributed by atoms with E-state index in [4.69, 9.17) is 9.63 Å². The molecule has 0 unspecified atom stereocenters. The maximum absolute atomic E-state index is 12.3. The van der Waals surface area contributed by atoms with E-state index >= 15 is 0 Å². The van der Waals surface area contributed by atoms with Crippen molar-refractivity contribution < 1.29 is 19.2 Å². The van der Waals surface area contributed by atoms with Crippen molar-refractivity contribution in [1.82, 2.24) is 19.8 Å². The maximum Gasteiger partial charge on any atom is 0.329 e. The van der Waals surface area contributed by atoms with E-state index < -0.39 is 17.4 Å². The lowest BCUT2D eigenvalue weighted by Gasteiger charge is -2.30. The Hall–Kier alpha value is -2.64. The largest absolute Gasteiger partial charge is 0.480 e. The number of rotatable bonds is 5. The summed E-state index contributed by atoms with van der Waals surface area (Å²) in [5.41, 5.74) is -0.260. The van der Waals surface area contributed by atoms with E-state index in [0.29, 0.717) is 12.3 Å². The lowest BCUT2D eigenvalue weighted by Crippen LogP contribution is -2.50. The molecule has 0 radical (unpaired) electrons. The van der Waals surface area contributed by atoms with Gasteiger partial charge in [0, 0.05) is 19.3 Å². The van der Waals surface area contributed by atoms with Crippen LogP contribution in [0.1, 0.15) is 35.7 Å². The SMILES string of the molecule is Cc1cnn(Cc2cc(C(=O)N(C)C(C)(C)C(=O)O)no2)c1. The fourth-order valence-corrected chi connectivity index (χ4v) is 1.77. The number of hydrogen-bond donors (Lipinski definition) is 1. The third-order valence-electron chi connectivity index (χ3n) is 3.52. The van der Waals surface area contributed by atoms with Gasteiger partial charge < -0.3 is 14.5 Å². The number of hydrogen-bond acceptors (Lipinski definition) is 5. The smallest absolute Gasteiger partial charge is 0.329 e. The van der Waals surface area contributed by atoms with Crippen LogP contribution in [0.5, 0.6) is 0 Å². The van der Waals surface area contributed by atoms with Gasteiger partial charge in [0.2, 0.25) is 0 Å². The van der Waals surface area contributed by atoms with Crippen LogP contribution in [0, 0.1) is 6.92 Å². The van der Waals surface area contributed by atoms with Crippen LogP contribution in [0.2, 0.25) is 0 Å². The van der Waals surface area contributed by atoms with Crippen molar-refractivity contribution in [3.63, 3.8) is 0 Å². The minimum absolute atomic E-state index is 0.0655. The third-order valence-corrected chi connectivity index (χ3v) is 3.52. The van der Waals surface area contributed by atoms with Gasteiger partial charge in [0.05, 0.1) is 6.20 Å². The molecule has 8 heteroatoms. The standard InChI is InChI=1S/C14H18N4O4/c1-9-6-15-18(7-9)8-10-5-11(16-22-10)12(19)17(4)14(2,3)13(20)21/h5-7H,8H2,1-4H3,(H,20,21). The van der Waals surface area contributed by atoms with E-state index in [1.807, 2.05) is 13.1 Å². The second kappa shape index (κ2) is 5.63. The van der Waals surface area contributed by atoms with Crippen LogP contribution in [-0.2, 0) is 11.3 Å². The Balaban J connectivity index is 2.13. The van der Waals surface area contributed by atoms with Crippen LogP contribution in [-0.4, -0.2) is 49.4 Å². The van der Waals surface area contributed by atoms with E-state index in [9.17, 15) is 9.59 Å². The molecular weight excluding hydrogens is 288 g/mol. The molecule has 2 aromatic rings. The molecular formula is C14H18N4O4. The molecule has 2 rings (SSSR count). The molecule has 2 heterocycles. The zero-order chi connectivity index (χ0) is 16.5. The summed E-state index contributed by atoms with van der Waals surface area (Å²) in [6.07, 6.45) is 3.55. The van der Waals surface area contributed by atoms with E-state index in [1.54, 1.807) is 10.9 Å². The first-order chi connectivity index (χ1) is 10.2. The molecule has 0 aliphatic heterocycles. The topological polar surface area (TPSA) is 101 Å². The monoisotopic (exact) mass is 306 g/mol. The Bertz CT molecular complexity index is 701. The van der Waals surface area contributed by atoms with Gasteiger partial charge in [-0.05, 0) is 26.3 Å². The summed E-state index contributed by atoms with van der Waals surface area (Å²) in [5, 5.41) is 17.0. The minimum atomic E-state index is -1.34. The molecule has 2 aromatic heterocycles. The first-order valence-electron chi connectivity index (χ1n) is 6.68. The molecule has 0 aromatic carbocycles. The average molecular weight is 306 g/mol. The zero-order valence-corrected chi connectivity index (χ0v) is 12.9. The molecule has 118 valence electrons. The van der Waals surface area contributed by atoms with Crippen LogP contribution >= 0.6 is 0 Å². The summed E-state index contributed by atoms with van der Waals surface area (Å²) >= 11 is 0. The van der Waals surface area contributed by atoms with Crippen molar-refractivity contribution >= 4 is 11.9 Å². The molecule has 0 atom stereocenters. The van der Waals surface area contributed by atoms with Gasteiger partial charge in [0.1, 0.15) is 12.1 Å². The highest BCUT2D eigenvalue weighted by Crippen LogP contribution is 2.17. The number of carboxylic acid groups (broad SMARTS) is 1. The number of carboxylic acids is 1. The number of nitrogens with zero attached hydrogens (tertiary/aromatic N) is 4. The molecule has 1 amide bonds. The van der Waals surface area contributed by atoms with Crippen molar-refractivity contribution in [2.75, 3.05) is 7.05 Å². The Kier molecular flexibility index (Phi) is 4.03. The van der Waals surface area contributed by atoms with E-state index in [1.165, 1.54) is 27.0 Å². The number of aryl methyl sites for hydroxylation is 1. The van der Waals surface area contributed by atoms with E-state index in [2.05, 4.69) is 10.3 Å². The van der Waals surface area contributed by atoms with Crippen LogP contribution in [0.15, 0.2) is 23.0 Å². The maximum atomic E-state index is 12.3. The van der Waals surface area contributed by atoms with Crippen LogP contribution in [0.4, 0.5) is 0 Å². The Morgan fingerprint density at radius 3 is 2.68 bits per heavy atom. The number of carbonyl (C=O) groups is 2. The Labute approximate surface area is 127 Å². The van der Waals surface area contributed by atoms with Crippen LogP contribution < -0.4 is 0 Å². The summed E-state index contributed by atoms with van der Waals surface area (Å²) < 4.78 is 6.78. The van der Waals surface area contributed by atoms with Gasteiger partial charge in [-0.25, -0.2) is 4.79 Å². The third kappa shape index (κ3) is 3.00. The molecule has 22 heavy (non-hydrogen) atoms. The highest BCUT2D eigenvalue weighted by Gasteiger charge is 2.36. The highest BCUT2D eigenvalue weighted by atomic mass is 16.5. The quantitative estimate of drug-likeness (QED) is 0.889. The van der Waals surface area contributed by atoms with E-state index in [0.717, 1.165) is 10.5 Å². The number of likely N-dealkylation sites (N-methyl/N-ethyl adjacent to an activating group) is 1. The number of carbonyl (C=O) groups excluding carboxylic acids is 1. The van der Waals surface area contributed by atoms with Gasteiger partial charge in [-0.1, -0.05) is 5.16 Å². The summed E-state index contributed by atoms with van der Waals surface area (Å²) in [6, 6.07) is 1.49. The fourth-order valence-electron chi connectivity index (χ4n) is 1.77. The highest BCUT2D eigenvalue weighted by molar-refractivity contribution is 5.95. The molecule has 8 nitrogen and oxygen atoms in total. The number of aliphatic carboxylic acids is 1. The summed E-state index contributed by atoms with van der Waals surface area (Å²) in [7, 11) is 1.42. The lowest BCUT2D eigenvalue weighted by molar-refractivity contribution is -0.147. The Morgan fingerprint density at radius 2 is 2.14 bits per heavy atom. The van der Waals surface area contributed by atoms with Crippen molar-refractivity contribution in [3.05, 3.63) is 35.5 Å². The Morgan fingerprint density at radius 1 is 1.45 bits per heavy atom. The first kappa shape index (κ1) is 15.7. The molecule has 0 fully saturated rings. The average Bonchev–Trinajstić information content (AvgIpc) is 3.06. The number of amides is 1. The summed E-state index contributed by atoms with van der Waals surface area (Å²) in [5.74, 6) is -1.15. The van der Waals surface area contributed by atoms with Gasteiger partial charge in [0.15, 0.2) is 11.5 Å². The summed E-state index contributed by atoms with van der Waals surface area (Å²) in [4.78, 5) is 24.6. The molecule has 0 aliphatic carbocycles. The molecule has 1 N–H and O–H groups in total. The number of aromatic nitrogens is 3. The molecule has 0 aliphatic rings. The summed E-state index contributed by atoms with van der Waals surface area (Å²) in [6.45, 7) is 5.16. The normalized spacial score (nSPS) is 11.5. The van der Waals surface area contributed by atoms with Crippen LogP contribution in [0.25, 0.3) is 0 Å². The van der Waals surface area contributed by atoms with Gasteiger partial charge in [-0.15, -0.1) is 0 Å². The second-order valence-electron chi connectivity index (χ2n) is 5.62. The predicted molar refractivity (Wildman–Crippen MR) is 76.4 cm³/mol.